The minimum atomic E-state index is -0.905. The van der Waals surface area contributed by atoms with E-state index in [1.807, 2.05) is 96.8 Å². The fourth-order valence-electron chi connectivity index (χ4n) is 4.36. The van der Waals surface area contributed by atoms with Crippen LogP contribution in [0.4, 0.5) is 26.7 Å². The van der Waals surface area contributed by atoms with Crippen molar-refractivity contribution in [3.05, 3.63) is 125 Å². The topological polar surface area (TPSA) is 116 Å². The van der Waals surface area contributed by atoms with Gasteiger partial charge in [-0.3, -0.25) is 14.5 Å². The summed E-state index contributed by atoms with van der Waals surface area (Å²) in [5, 5.41) is 7.69. The Morgan fingerprint density at radius 3 is 1.56 bits per heavy atom. The van der Waals surface area contributed by atoms with Crippen LogP contribution in [0.2, 0.25) is 0 Å². The van der Waals surface area contributed by atoms with Crippen molar-refractivity contribution in [2.75, 3.05) is 18.6 Å². The number of ketones is 1. The van der Waals surface area contributed by atoms with Crippen LogP contribution in [-0.4, -0.2) is 43.2 Å². The summed E-state index contributed by atoms with van der Waals surface area (Å²) in [6, 6.07) is 30.0. The SMILES string of the molecule is CCOC(=O)ON=C(C)c1ccc(N(c2ccc(C(=O)c3cccc(C)c3)cc2)c2ccc(/C(C)=N\OC(=O)OC)cc2)cc1. The molecule has 10 nitrogen and oxygen atoms in total. The molecule has 4 aromatic carbocycles. The summed E-state index contributed by atoms with van der Waals surface area (Å²) < 4.78 is 9.22. The first-order valence-electron chi connectivity index (χ1n) is 14.1. The van der Waals surface area contributed by atoms with Crippen LogP contribution in [-0.2, 0) is 19.1 Å². The lowest BCUT2D eigenvalue weighted by Gasteiger charge is -2.26. The van der Waals surface area contributed by atoms with Crippen LogP contribution in [0.3, 0.4) is 0 Å². The third-order valence-electron chi connectivity index (χ3n) is 6.70. The van der Waals surface area contributed by atoms with Crippen LogP contribution in [0.15, 0.2) is 107 Å². The zero-order valence-corrected chi connectivity index (χ0v) is 25.6. The smallest absolute Gasteiger partial charge is 0.436 e. The summed E-state index contributed by atoms with van der Waals surface area (Å²) in [5.41, 5.74) is 7.14. The van der Waals surface area contributed by atoms with Crippen molar-refractivity contribution in [1.29, 1.82) is 0 Å². The average molecular weight is 608 g/mol. The summed E-state index contributed by atoms with van der Waals surface area (Å²) in [6.07, 6.45) is -1.78. The highest BCUT2D eigenvalue weighted by atomic mass is 16.8. The fraction of sp³-hybridized carbons (Fsp3) is 0.171. The molecule has 0 saturated carbocycles. The predicted octanol–water partition coefficient (Wildman–Crippen LogP) is 8.10. The van der Waals surface area contributed by atoms with E-state index in [2.05, 4.69) is 15.0 Å². The number of carbonyl (C=O) groups is 3. The quantitative estimate of drug-likeness (QED) is 0.0584. The average Bonchev–Trinajstić information content (AvgIpc) is 3.06. The van der Waals surface area contributed by atoms with Gasteiger partial charge in [0.2, 0.25) is 0 Å². The monoisotopic (exact) mass is 607 g/mol. The molecule has 0 aliphatic carbocycles. The van der Waals surface area contributed by atoms with Gasteiger partial charge in [-0.05, 0) is 93.4 Å². The van der Waals surface area contributed by atoms with E-state index >= 15 is 0 Å². The maximum absolute atomic E-state index is 13.2. The molecule has 0 aliphatic heterocycles. The zero-order valence-electron chi connectivity index (χ0n) is 25.6. The largest absolute Gasteiger partial charge is 0.535 e. The Morgan fingerprint density at radius 2 is 1.11 bits per heavy atom. The highest BCUT2D eigenvalue weighted by molar-refractivity contribution is 6.09. The van der Waals surface area contributed by atoms with Crippen molar-refractivity contribution in [2.45, 2.75) is 27.7 Å². The summed E-state index contributed by atoms with van der Waals surface area (Å²) in [4.78, 5) is 47.5. The molecule has 0 radical (unpaired) electrons. The van der Waals surface area contributed by atoms with Crippen molar-refractivity contribution in [1.82, 2.24) is 0 Å². The van der Waals surface area contributed by atoms with E-state index < -0.39 is 12.3 Å². The van der Waals surface area contributed by atoms with E-state index in [0.29, 0.717) is 22.6 Å². The van der Waals surface area contributed by atoms with Gasteiger partial charge in [0, 0.05) is 28.2 Å². The Labute approximate surface area is 261 Å². The molecular weight excluding hydrogens is 574 g/mol. The normalized spacial score (nSPS) is 11.4. The molecule has 0 heterocycles. The number of hydrogen-bond donors (Lipinski definition) is 0. The number of aryl methyl sites for hydroxylation is 1. The molecule has 0 atom stereocenters. The molecular formula is C35H33N3O7. The van der Waals surface area contributed by atoms with Gasteiger partial charge in [-0.2, -0.15) is 0 Å². The molecule has 10 heteroatoms. The van der Waals surface area contributed by atoms with Gasteiger partial charge in [-0.1, -0.05) is 58.3 Å². The number of rotatable bonds is 10. The van der Waals surface area contributed by atoms with Gasteiger partial charge in [-0.15, -0.1) is 0 Å². The number of hydrogen-bond acceptors (Lipinski definition) is 10. The second kappa shape index (κ2) is 15.1. The van der Waals surface area contributed by atoms with Crippen LogP contribution in [0.1, 0.15) is 53.4 Å². The number of oxime groups is 2. The second-order valence-electron chi connectivity index (χ2n) is 9.85. The van der Waals surface area contributed by atoms with Crippen LogP contribution in [0, 0.1) is 6.92 Å². The summed E-state index contributed by atoms with van der Waals surface area (Å²) in [6.45, 7) is 7.26. The minimum Gasteiger partial charge on any atom is -0.436 e. The number of benzene rings is 4. The minimum absolute atomic E-state index is 0.0609. The molecule has 0 spiro atoms. The van der Waals surface area contributed by atoms with Crippen LogP contribution in [0.25, 0.3) is 0 Å². The van der Waals surface area contributed by atoms with Crippen LogP contribution >= 0.6 is 0 Å². The summed E-state index contributed by atoms with van der Waals surface area (Å²) >= 11 is 0. The molecule has 0 saturated heterocycles. The summed E-state index contributed by atoms with van der Waals surface area (Å²) in [7, 11) is 1.21. The van der Waals surface area contributed by atoms with Crippen molar-refractivity contribution in [3.63, 3.8) is 0 Å². The maximum atomic E-state index is 13.2. The fourth-order valence-corrected chi connectivity index (χ4v) is 4.36. The van der Waals surface area contributed by atoms with E-state index in [0.717, 1.165) is 33.8 Å². The number of nitrogens with zero attached hydrogens (tertiary/aromatic N) is 3. The second-order valence-corrected chi connectivity index (χ2v) is 9.85. The Balaban J connectivity index is 1.67. The number of ether oxygens (including phenoxy) is 2. The number of methoxy groups -OCH3 is 1. The van der Waals surface area contributed by atoms with Crippen molar-refractivity contribution in [2.24, 2.45) is 10.3 Å². The Morgan fingerprint density at radius 1 is 0.644 bits per heavy atom. The van der Waals surface area contributed by atoms with Gasteiger partial charge in [0.05, 0.1) is 25.1 Å². The maximum Gasteiger partial charge on any atom is 0.535 e. The van der Waals surface area contributed by atoms with Gasteiger partial charge in [0.1, 0.15) is 0 Å². The number of carbonyl (C=O) groups excluding carboxylic acids is 3. The lowest BCUT2D eigenvalue weighted by atomic mass is 10.0. The van der Waals surface area contributed by atoms with E-state index in [1.165, 1.54) is 7.11 Å². The predicted molar refractivity (Wildman–Crippen MR) is 172 cm³/mol. The highest BCUT2D eigenvalue weighted by Gasteiger charge is 2.16. The van der Waals surface area contributed by atoms with Crippen LogP contribution < -0.4 is 4.90 Å². The van der Waals surface area contributed by atoms with Crippen LogP contribution in [0.5, 0.6) is 0 Å². The lowest BCUT2D eigenvalue weighted by Crippen LogP contribution is -2.11. The molecule has 0 fully saturated rings. The molecule has 230 valence electrons. The molecule has 45 heavy (non-hydrogen) atoms. The standard InChI is InChI=1S/C35H33N3O7/c1-6-43-35(41)45-37-25(4)27-12-18-31(19-13-27)38(30-16-10-26(11-17-30)24(3)36-44-34(40)42-5)32-20-14-28(15-21-32)33(39)29-9-7-8-23(2)22-29/h7-22H,6H2,1-5H3/b36-24-,37-25?. The molecule has 0 bridgehead atoms. The third kappa shape index (κ3) is 8.41. The molecule has 4 aromatic rings. The molecule has 0 aromatic heterocycles. The molecule has 4 rings (SSSR count). The van der Waals surface area contributed by atoms with Gasteiger partial charge in [0.15, 0.2) is 5.78 Å². The molecule has 0 unspecified atom stereocenters. The summed E-state index contributed by atoms with van der Waals surface area (Å²) in [5.74, 6) is -0.0609. The van der Waals surface area contributed by atoms with Crippen molar-refractivity contribution < 1.29 is 33.5 Å². The van der Waals surface area contributed by atoms with Gasteiger partial charge < -0.3 is 14.4 Å². The van der Waals surface area contributed by atoms with Gasteiger partial charge in [-0.25, -0.2) is 9.59 Å². The van der Waals surface area contributed by atoms with Gasteiger partial charge >= 0.3 is 12.3 Å². The van der Waals surface area contributed by atoms with E-state index in [4.69, 9.17) is 14.4 Å². The van der Waals surface area contributed by atoms with E-state index in [9.17, 15) is 14.4 Å². The Bertz CT molecular complexity index is 1710. The Kier molecular flexibility index (Phi) is 10.8. The van der Waals surface area contributed by atoms with Crippen molar-refractivity contribution in [3.8, 4) is 0 Å². The first-order valence-corrected chi connectivity index (χ1v) is 14.1. The first kappa shape index (κ1) is 32.2. The third-order valence-corrected chi connectivity index (χ3v) is 6.70. The van der Waals surface area contributed by atoms with E-state index in [1.54, 1.807) is 32.9 Å². The lowest BCUT2D eigenvalue weighted by molar-refractivity contribution is 0.0613. The van der Waals surface area contributed by atoms with E-state index in [-0.39, 0.29) is 12.4 Å². The molecule has 0 N–H and O–H groups in total. The highest BCUT2D eigenvalue weighted by Crippen LogP contribution is 2.35. The zero-order chi connectivity index (χ0) is 32.3. The number of anilines is 3. The molecule has 0 amide bonds. The molecule has 0 aliphatic rings. The van der Waals surface area contributed by atoms with Crippen molar-refractivity contribution >= 4 is 46.6 Å². The first-order chi connectivity index (χ1) is 21.7. The Hall–Kier alpha value is -5.77. The van der Waals surface area contributed by atoms with Gasteiger partial charge in [0.25, 0.3) is 0 Å².